The molecular weight excluding hydrogens is 138 g/mol. The number of likely N-dealkylation sites (N-methyl/N-ethyl adjacent to an activating group) is 2. The molecule has 0 aliphatic carbocycles. The van der Waals surface area contributed by atoms with Crippen LogP contribution in [0.1, 0.15) is 12.8 Å². The molecule has 66 valence electrons. The maximum absolute atomic E-state index is 3.40. The molecule has 0 radical (unpaired) electrons. The Labute approximate surface area is 68.9 Å². The van der Waals surface area contributed by atoms with Crippen molar-refractivity contribution in [3.63, 3.8) is 0 Å². The van der Waals surface area contributed by atoms with Crippen molar-refractivity contribution in [1.82, 2.24) is 16.0 Å². The van der Waals surface area contributed by atoms with Crippen molar-refractivity contribution in [3.05, 3.63) is 0 Å². The van der Waals surface area contributed by atoms with E-state index in [0.717, 1.165) is 13.1 Å². The highest BCUT2D eigenvalue weighted by atomic mass is 15.0. The summed E-state index contributed by atoms with van der Waals surface area (Å²) in [7, 11) is 4.08. The summed E-state index contributed by atoms with van der Waals surface area (Å²) in [5, 5.41) is 10.1. The van der Waals surface area contributed by atoms with Crippen molar-refractivity contribution in [3.8, 4) is 0 Å². The van der Waals surface area contributed by atoms with Gasteiger partial charge in [-0.15, -0.1) is 0 Å². The van der Waals surface area contributed by atoms with Crippen LogP contribution in [-0.2, 0) is 0 Å². The van der Waals surface area contributed by atoms with Crippen LogP contribution in [-0.4, -0.2) is 39.3 Å². The van der Waals surface area contributed by atoms with E-state index in [9.17, 15) is 0 Å². The molecule has 3 nitrogen and oxygen atoms in total. The third kappa shape index (κ3) is 2.43. The minimum Gasteiger partial charge on any atom is -0.317 e. The van der Waals surface area contributed by atoms with Crippen LogP contribution in [0, 0.1) is 0 Å². The fraction of sp³-hybridized carbons (Fsp3) is 1.00. The van der Waals surface area contributed by atoms with Crippen LogP contribution in [0.15, 0.2) is 0 Å². The summed E-state index contributed by atoms with van der Waals surface area (Å²) < 4.78 is 0. The Morgan fingerprint density at radius 2 is 1.45 bits per heavy atom. The highest BCUT2D eigenvalue weighted by Crippen LogP contribution is 2.04. The summed E-state index contributed by atoms with van der Waals surface area (Å²) in [5.74, 6) is 0. The smallest absolute Gasteiger partial charge is 0.0230 e. The number of hydrogen-bond donors (Lipinski definition) is 3. The van der Waals surface area contributed by atoms with E-state index in [4.69, 9.17) is 0 Å². The fourth-order valence-electron chi connectivity index (χ4n) is 1.73. The first-order chi connectivity index (χ1) is 5.38. The number of rotatable bonds is 2. The first kappa shape index (κ1) is 8.97. The molecule has 0 aromatic carbocycles. The van der Waals surface area contributed by atoms with Gasteiger partial charge in [0.2, 0.25) is 0 Å². The predicted octanol–water partition coefficient (Wildman–Crippen LogP) is -0.454. The lowest BCUT2D eigenvalue weighted by Gasteiger charge is -2.23. The molecule has 1 saturated heterocycles. The van der Waals surface area contributed by atoms with E-state index in [0.29, 0.717) is 12.1 Å². The SMILES string of the molecule is CN[C@@H]1CCNCC[C@H]1NC. The lowest BCUT2D eigenvalue weighted by molar-refractivity contribution is 0.398. The molecule has 0 spiro atoms. The van der Waals surface area contributed by atoms with Crippen molar-refractivity contribution < 1.29 is 0 Å². The summed E-state index contributed by atoms with van der Waals surface area (Å²) in [4.78, 5) is 0. The van der Waals surface area contributed by atoms with Gasteiger partial charge in [0.05, 0.1) is 0 Å². The van der Waals surface area contributed by atoms with Crippen LogP contribution in [0.4, 0.5) is 0 Å². The van der Waals surface area contributed by atoms with Gasteiger partial charge in [0.25, 0.3) is 0 Å². The second-order valence-corrected chi connectivity index (χ2v) is 3.12. The molecule has 1 fully saturated rings. The minimum atomic E-state index is 0.634. The highest BCUT2D eigenvalue weighted by Gasteiger charge is 2.19. The van der Waals surface area contributed by atoms with E-state index >= 15 is 0 Å². The van der Waals surface area contributed by atoms with Crippen LogP contribution < -0.4 is 16.0 Å². The fourth-order valence-corrected chi connectivity index (χ4v) is 1.73. The van der Waals surface area contributed by atoms with E-state index in [1.807, 2.05) is 14.1 Å². The van der Waals surface area contributed by atoms with Crippen molar-refractivity contribution in [2.75, 3.05) is 27.2 Å². The van der Waals surface area contributed by atoms with E-state index < -0.39 is 0 Å². The Morgan fingerprint density at radius 1 is 1.00 bits per heavy atom. The van der Waals surface area contributed by atoms with E-state index in [2.05, 4.69) is 16.0 Å². The maximum atomic E-state index is 3.40. The zero-order valence-electron chi connectivity index (χ0n) is 7.48. The average molecular weight is 157 g/mol. The lowest BCUT2D eigenvalue weighted by atomic mass is 10.0. The van der Waals surface area contributed by atoms with Crippen molar-refractivity contribution in [2.45, 2.75) is 24.9 Å². The first-order valence-corrected chi connectivity index (χ1v) is 4.43. The maximum Gasteiger partial charge on any atom is 0.0230 e. The van der Waals surface area contributed by atoms with Crippen LogP contribution in [0.3, 0.4) is 0 Å². The normalized spacial score (nSPS) is 33.3. The molecule has 0 bridgehead atoms. The highest BCUT2D eigenvalue weighted by molar-refractivity contribution is 4.83. The zero-order valence-corrected chi connectivity index (χ0v) is 7.48. The summed E-state index contributed by atoms with van der Waals surface area (Å²) in [6.45, 7) is 2.29. The third-order valence-electron chi connectivity index (χ3n) is 2.49. The van der Waals surface area contributed by atoms with Gasteiger partial charge in [-0.2, -0.15) is 0 Å². The molecule has 11 heavy (non-hydrogen) atoms. The molecule has 0 aromatic heterocycles. The first-order valence-electron chi connectivity index (χ1n) is 4.43. The molecule has 3 heteroatoms. The average Bonchev–Trinajstić information content (AvgIpc) is 2.27. The molecule has 2 atom stereocenters. The Bertz CT molecular complexity index is 93.5. The number of nitrogens with one attached hydrogen (secondary N) is 3. The lowest BCUT2D eigenvalue weighted by Crippen LogP contribution is -2.45. The summed E-state index contributed by atoms with van der Waals surface area (Å²) >= 11 is 0. The van der Waals surface area contributed by atoms with Crippen LogP contribution in [0.25, 0.3) is 0 Å². The van der Waals surface area contributed by atoms with Gasteiger partial charge in [0, 0.05) is 12.1 Å². The van der Waals surface area contributed by atoms with Gasteiger partial charge in [0.1, 0.15) is 0 Å². The largest absolute Gasteiger partial charge is 0.317 e. The Morgan fingerprint density at radius 3 is 1.82 bits per heavy atom. The van der Waals surface area contributed by atoms with Gasteiger partial charge in [-0.25, -0.2) is 0 Å². The minimum absolute atomic E-state index is 0.634. The summed E-state index contributed by atoms with van der Waals surface area (Å²) in [6.07, 6.45) is 2.45. The van der Waals surface area contributed by atoms with Gasteiger partial charge in [-0.1, -0.05) is 0 Å². The molecule has 1 aliphatic heterocycles. The molecule has 0 unspecified atom stereocenters. The van der Waals surface area contributed by atoms with Gasteiger partial charge in [-0.05, 0) is 40.0 Å². The molecule has 0 saturated carbocycles. The van der Waals surface area contributed by atoms with E-state index in [1.165, 1.54) is 12.8 Å². The molecule has 0 aromatic rings. The monoisotopic (exact) mass is 157 g/mol. The standard InChI is InChI=1S/C8H19N3/c1-9-7-3-5-11-6-4-8(7)10-2/h7-11H,3-6H2,1-2H3/t7-,8-/m1/s1. The molecule has 0 amide bonds. The molecule has 3 N–H and O–H groups in total. The Kier molecular flexibility index (Phi) is 3.83. The van der Waals surface area contributed by atoms with Gasteiger partial charge in [-0.3, -0.25) is 0 Å². The second-order valence-electron chi connectivity index (χ2n) is 3.12. The van der Waals surface area contributed by atoms with Crippen molar-refractivity contribution in [1.29, 1.82) is 0 Å². The van der Waals surface area contributed by atoms with Crippen LogP contribution in [0.2, 0.25) is 0 Å². The Balaban J connectivity index is 2.41. The van der Waals surface area contributed by atoms with E-state index in [-0.39, 0.29) is 0 Å². The topological polar surface area (TPSA) is 36.1 Å². The third-order valence-corrected chi connectivity index (χ3v) is 2.49. The molecular formula is C8H19N3. The van der Waals surface area contributed by atoms with Crippen LogP contribution in [0.5, 0.6) is 0 Å². The van der Waals surface area contributed by atoms with E-state index in [1.54, 1.807) is 0 Å². The van der Waals surface area contributed by atoms with Crippen LogP contribution >= 0.6 is 0 Å². The van der Waals surface area contributed by atoms with Crippen molar-refractivity contribution in [2.24, 2.45) is 0 Å². The molecule has 1 aliphatic rings. The summed E-state index contributed by atoms with van der Waals surface area (Å²) in [6, 6.07) is 1.27. The molecule has 1 heterocycles. The summed E-state index contributed by atoms with van der Waals surface area (Å²) in [5.41, 5.74) is 0. The zero-order chi connectivity index (χ0) is 8.10. The van der Waals surface area contributed by atoms with Gasteiger partial charge in [0.15, 0.2) is 0 Å². The van der Waals surface area contributed by atoms with Gasteiger partial charge >= 0.3 is 0 Å². The van der Waals surface area contributed by atoms with Crippen molar-refractivity contribution >= 4 is 0 Å². The second kappa shape index (κ2) is 4.70. The Hall–Kier alpha value is -0.120. The quantitative estimate of drug-likeness (QED) is 0.508. The molecule has 1 rings (SSSR count). The number of hydrogen-bond acceptors (Lipinski definition) is 3. The van der Waals surface area contributed by atoms with Gasteiger partial charge < -0.3 is 16.0 Å². The predicted molar refractivity (Wildman–Crippen MR) is 47.8 cm³/mol.